The summed E-state index contributed by atoms with van der Waals surface area (Å²) in [4.78, 5) is 46.3. The number of hydrogen-bond acceptors (Lipinski definition) is 7. The number of benzene rings is 1. The van der Waals surface area contributed by atoms with Crippen LogP contribution in [0, 0.1) is 6.92 Å². The molecule has 1 aliphatic heterocycles. The summed E-state index contributed by atoms with van der Waals surface area (Å²) in [6.45, 7) is 10.3. The van der Waals surface area contributed by atoms with Crippen molar-refractivity contribution in [1.82, 2.24) is 29.0 Å². The molecule has 3 aromatic heterocycles. The van der Waals surface area contributed by atoms with Crippen molar-refractivity contribution < 1.29 is 14.3 Å². The molecule has 1 aliphatic rings. The van der Waals surface area contributed by atoms with Crippen LogP contribution in [0.25, 0.3) is 16.8 Å². The van der Waals surface area contributed by atoms with Gasteiger partial charge in [-0.3, -0.25) is 9.36 Å². The minimum atomic E-state index is -0.596. The van der Waals surface area contributed by atoms with Crippen molar-refractivity contribution in [2.75, 3.05) is 13.2 Å². The summed E-state index contributed by atoms with van der Waals surface area (Å²) in [7, 11) is 0. The molecule has 1 fully saturated rings. The van der Waals surface area contributed by atoms with E-state index in [9.17, 15) is 14.4 Å². The van der Waals surface area contributed by atoms with Gasteiger partial charge in [-0.1, -0.05) is 11.6 Å². The molecule has 4 heterocycles. The molecule has 11 nitrogen and oxygen atoms in total. The molecule has 0 radical (unpaired) electrons. The summed E-state index contributed by atoms with van der Waals surface area (Å²) >= 11 is 6.53. The summed E-state index contributed by atoms with van der Waals surface area (Å²) < 4.78 is 14.6. The number of aromatic nitrogens is 5. The minimum absolute atomic E-state index is 0.0772. The van der Waals surface area contributed by atoms with Gasteiger partial charge in [-0.25, -0.2) is 19.1 Å². The molecule has 216 valence electrons. The van der Waals surface area contributed by atoms with Crippen LogP contribution in [0.15, 0.2) is 52.6 Å². The van der Waals surface area contributed by atoms with Crippen LogP contribution in [-0.2, 0) is 22.4 Å². The van der Waals surface area contributed by atoms with Gasteiger partial charge in [0, 0.05) is 35.5 Å². The number of morpholine rings is 1. The van der Waals surface area contributed by atoms with Gasteiger partial charge in [0.1, 0.15) is 11.9 Å². The second-order valence-electron chi connectivity index (χ2n) is 11.4. The molecule has 1 amide bonds. The van der Waals surface area contributed by atoms with Crippen molar-refractivity contribution >= 4 is 23.2 Å². The zero-order chi connectivity index (χ0) is 29.5. The monoisotopic (exact) mass is 580 g/mol. The molecule has 2 atom stereocenters. The highest BCUT2D eigenvalue weighted by molar-refractivity contribution is 6.31. The van der Waals surface area contributed by atoms with Crippen LogP contribution in [0.2, 0.25) is 5.02 Å². The number of ether oxygens (including phenoxy) is 2. The average Bonchev–Trinajstić information content (AvgIpc) is 3.30. The first-order valence-corrected chi connectivity index (χ1v) is 13.8. The normalized spacial score (nSPS) is 17.7. The largest absolute Gasteiger partial charge is 0.444 e. The lowest BCUT2D eigenvalue weighted by Gasteiger charge is -2.39. The summed E-state index contributed by atoms with van der Waals surface area (Å²) in [5, 5.41) is 4.90. The van der Waals surface area contributed by atoms with Gasteiger partial charge < -0.3 is 19.4 Å². The van der Waals surface area contributed by atoms with E-state index in [0.29, 0.717) is 41.4 Å². The minimum Gasteiger partial charge on any atom is -0.444 e. The number of H-pyrrole nitrogens is 1. The number of rotatable bonds is 5. The Labute approximate surface area is 241 Å². The maximum absolute atomic E-state index is 12.9. The van der Waals surface area contributed by atoms with E-state index in [1.165, 1.54) is 18.6 Å². The first kappa shape index (κ1) is 28.6. The highest BCUT2D eigenvalue weighted by atomic mass is 35.5. The van der Waals surface area contributed by atoms with Crippen molar-refractivity contribution in [3.8, 4) is 11.3 Å². The molecule has 4 aromatic rings. The number of aromatic amines is 1. The van der Waals surface area contributed by atoms with Crippen LogP contribution in [0.1, 0.15) is 44.4 Å². The maximum atomic E-state index is 12.9. The molecule has 0 saturated carbocycles. The van der Waals surface area contributed by atoms with Crippen molar-refractivity contribution in [3.63, 3.8) is 0 Å². The van der Waals surface area contributed by atoms with Gasteiger partial charge in [-0.2, -0.15) is 5.10 Å². The van der Waals surface area contributed by atoms with Crippen molar-refractivity contribution in [2.45, 2.75) is 65.3 Å². The van der Waals surface area contributed by atoms with E-state index < -0.39 is 16.9 Å². The zero-order valence-electron chi connectivity index (χ0n) is 23.7. The predicted octanol–water partition coefficient (Wildman–Crippen LogP) is 3.82. The fraction of sp³-hybridized carbons (Fsp3) is 0.414. The fourth-order valence-electron chi connectivity index (χ4n) is 5.06. The van der Waals surface area contributed by atoms with Gasteiger partial charge >= 0.3 is 11.8 Å². The number of carbonyl (C=O) groups excluding carboxylic acids is 1. The lowest BCUT2D eigenvalue weighted by atomic mass is 9.93. The van der Waals surface area contributed by atoms with E-state index in [4.69, 9.17) is 21.1 Å². The Bertz CT molecular complexity index is 1690. The summed E-state index contributed by atoms with van der Waals surface area (Å²) in [5.74, 6) is 0. The molecule has 1 aromatic carbocycles. The topological polar surface area (TPSA) is 124 Å². The number of nitrogens with one attached hydrogen (secondary N) is 1. The smallest absolute Gasteiger partial charge is 0.410 e. The zero-order valence-corrected chi connectivity index (χ0v) is 24.4. The van der Waals surface area contributed by atoms with Gasteiger partial charge in [0.15, 0.2) is 0 Å². The van der Waals surface area contributed by atoms with Crippen molar-refractivity contribution in [3.05, 3.63) is 85.5 Å². The molecule has 1 N–H and O–H groups in total. The number of halogens is 1. The molecular weight excluding hydrogens is 548 g/mol. The van der Waals surface area contributed by atoms with Crippen LogP contribution in [0.4, 0.5) is 4.79 Å². The highest BCUT2D eigenvalue weighted by Crippen LogP contribution is 2.33. The molecule has 41 heavy (non-hydrogen) atoms. The lowest BCUT2D eigenvalue weighted by Crippen LogP contribution is -2.52. The average molecular weight is 581 g/mol. The molecule has 12 heteroatoms. The van der Waals surface area contributed by atoms with Crippen LogP contribution >= 0.6 is 11.6 Å². The predicted molar refractivity (Wildman–Crippen MR) is 154 cm³/mol. The fourth-order valence-corrected chi connectivity index (χ4v) is 5.33. The Hall–Kier alpha value is -3.96. The van der Waals surface area contributed by atoms with Crippen LogP contribution in [0.5, 0.6) is 0 Å². The third kappa shape index (κ3) is 6.20. The van der Waals surface area contributed by atoms with Gasteiger partial charge in [0.2, 0.25) is 0 Å². The van der Waals surface area contributed by atoms with E-state index in [-0.39, 0.29) is 24.8 Å². The highest BCUT2D eigenvalue weighted by Gasteiger charge is 2.33. The number of amides is 1. The molecule has 0 spiro atoms. The van der Waals surface area contributed by atoms with Crippen molar-refractivity contribution in [2.24, 2.45) is 0 Å². The first-order chi connectivity index (χ1) is 19.4. The maximum Gasteiger partial charge on any atom is 0.410 e. The van der Waals surface area contributed by atoms with Gasteiger partial charge in [0.25, 0.3) is 5.56 Å². The van der Waals surface area contributed by atoms with E-state index >= 15 is 0 Å². The van der Waals surface area contributed by atoms with Crippen molar-refractivity contribution in [1.29, 1.82) is 0 Å². The van der Waals surface area contributed by atoms with Gasteiger partial charge in [0.05, 0.1) is 43.1 Å². The summed E-state index contributed by atoms with van der Waals surface area (Å²) in [6.07, 6.45) is 4.43. The quantitative estimate of drug-likeness (QED) is 0.380. The van der Waals surface area contributed by atoms with E-state index in [1.54, 1.807) is 15.6 Å². The third-order valence-corrected chi connectivity index (χ3v) is 7.22. The second-order valence-corrected chi connectivity index (χ2v) is 11.8. The number of hydrogen-bond donors (Lipinski definition) is 1. The number of nitrogens with zero attached hydrogens (tertiary/aromatic N) is 5. The first-order valence-electron chi connectivity index (χ1n) is 13.4. The van der Waals surface area contributed by atoms with Crippen LogP contribution in [0.3, 0.4) is 0 Å². The summed E-state index contributed by atoms with van der Waals surface area (Å²) in [5.41, 5.74) is 3.33. The molecule has 0 bridgehead atoms. The Morgan fingerprint density at radius 3 is 2.76 bits per heavy atom. The summed E-state index contributed by atoms with van der Waals surface area (Å²) in [6, 6.07) is 6.81. The molecule has 1 saturated heterocycles. The Balaban J connectivity index is 1.49. The van der Waals surface area contributed by atoms with Crippen LogP contribution < -0.4 is 11.2 Å². The standard InChI is InChI=1S/C29H33ClN6O5/c1-17-8-20(30)10-23(22(17)11-21-14-34(18(2)15-40-21)28(39)41-29(3,4)5)26-24-9-19(13-36(24)33-16-32-26)12-35-25(37)6-7-31-27(35)38/h6-10,13,16,18,21H,11-12,14-15H2,1-5H3,(H,31,38)/t18-,21?/m1/s1. The Kier molecular flexibility index (Phi) is 7.76. The SMILES string of the molecule is Cc1cc(Cl)cc(-c2ncnn3cc(Cn4c(=O)cc[nH]c4=O)cc23)c1CC1CN(C(=O)OC(C)(C)C)[C@H](C)CO1. The second kappa shape index (κ2) is 11.1. The number of carbonyl (C=O) groups is 1. The lowest BCUT2D eigenvalue weighted by molar-refractivity contribution is -0.0648. The van der Waals surface area contributed by atoms with Crippen LogP contribution in [-0.4, -0.2) is 66.0 Å². The number of fused-ring (bicyclic) bond motifs is 1. The molecule has 1 unspecified atom stereocenters. The Morgan fingerprint density at radius 1 is 1.24 bits per heavy atom. The molecular formula is C29H33ClN6O5. The molecule has 0 aliphatic carbocycles. The van der Waals surface area contributed by atoms with E-state index in [2.05, 4.69) is 15.1 Å². The van der Waals surface area contributed by atoms with Gasteiger partial charge in [-0.15, -0.1) is 0 Å². The van der Waals surface area contributed by atoms with Gasteiger partial charge in [-0.05, 0) is 69.5 Å². The number of aryl methyl sites for hydroxylation is 1. The van der Waals surface area contributed by atoms with E-state index in [1.807, 2.05) is 52.8 Å². The van der Waals surface area contributed by atoms with E-state index in [0.717, 1.165) is 21.3 Å². The third-order valence-electron chi connectivity index (χ3n) is 7.01. The Morgan fingerprint density at radius 2 is 2.02 bits per heavy atom. The molecule has 5 rings (SSSR count).